The third-order valence-corrected chi connectivity index (χ3v) is 4.91. The van der Waals surface area contributed by atoms with Crippen molar-refractivity contribution in [2.24, 2.45) is 11.8 Å². The fraction of sp³-hybridized carbons (Fsp3) is 0.650. The molecule has 0 atom stereocenters. The molecule has 0 radical (unpaired) electrons. The molecule has 1 fully saturated rings. The predicted molar refractivity (Wildman–Crippen MR) is 92.9 cm³/mol. The Bertz CT molecular complexity index is 508. The molecule has 5 heteroatoms. The highest BCUT2D eigenvalue weighted by Gasteiger charge is 2.27. The Morgan fingerprint density at radius 3 is 2.28 bits per heavy atom. The molecule has 0 amide bonds. The van der Waals surface area contributed by atoms with Gasteiger partial charge in [-0.05, 0) is 55.9 Å². The van der Waals surface area contributed by atoms with Gasteiger partial charge < -0.3 is 9.47 Å². The average Bonchev–Trinajstić information content (AvgIpc) is 2.60. The molecule has 0 unspecified atom stereocenters. The number of ether oxygens (including phenoxy) is 2. The molecular formula is C20H28F2O3. The number of unbranched alkanes of at least 4 members (excludes halogenated alkanes) is 3. The van der Waals surface area contributed by atoms with Gasteiger partial charge >= 0.3 is 12.6 Å². The highest BCUT2D eigenvalue weighted by molar-refractivity contribution is 5.75. The van der Waals surface area contributed by atoms with Crippen LogP contribution in [0.5, 0.6) is 11.5 Å². The fourth-order valence-electron chi connectivity index (χ4n) is 3.44. The van der Waals surface area contributed by atoms with E-state index in [4.69, 9.17) is 4.74 Å². The van der Waals surface area contributed by atoms with Crippen LogP contribution in [0.3, 0.4) is 0 Å². The van der Waals surface area contributed by atoms with Gasteiger partial charge in [-0.1, -0.05) is 39.0 Å². The van der Waals surface area contributed by atoms with E-state index in [0.29, 0.717) is 5.75 Å². The second-order valence-corrected chi connectivity index (χ2v) is 6.84. The molecule has 1 aliphatic rings. The maximum Gasteiger partial charge on any atom is 0.387 e. The molecule has 0 bridgehead atoms. The third-order valence-electron chi connectivity index (χ3n) is 4.91. The molecule has 2 rings (SSSR count). The van der Waals surface area contributed by atoms with Gasteiger partial charge in [0.05, 0.1) is 5.92 Å². The van der Waals surface area contributed by atoms with Crippen molar-refractivity contribution in [1.29, 1.82) is 0 Å². The zero-order valence-electron chi connectivity index (χ0n) is 14.9. The number of esters is 1. The lowest BCUT2D eigenvalue weighted by atomic mass is 9.80. The molecule has 0 spiro atoms. The molecule has 0 aromatic heterocycles. The summed E-state index contributed by atoms with van der Waals surface area (Å²) in [4.78, 5) is 12.3. The molecule has 0 N–H and O–H groups in total. The van der Waals surface area contributed by atoms with E-state index in [9.17, 15) is 13.6 Å². The molecule has 1 aliphatic carbocycles. The van der Waals surface area contributed by atoms with Crippen molar-refractivity contribution in [2.75, 3.05) is 0 Å². The van der Waals surface area contributed by atoms with Gasteiger partial charge in [0.25, 0.3) is 0 Å². The quantitative estimate of drug-likeness (QED) is 0.311. The highest BCUT2D eigenvalue weighted by Crippen LogP contribution is 2.33. The topological polar surface area (TPSA) is 35.5 Å². The maximum absolute atomic E-state index is 12.3. The lowest BCUT2D eigenvalue weighted by Gasteiger charge is -2.27. The Hall–Kier alpha value is -1.65. The lowest BCUT2D eigenvalue weighted by Crippen LogP contribution is -2.25. The van der Waals surface area contributed by atoms with Gasteiger partial charge in [-0.2, -0.15) is 8.78 Å². The average molecular weight is 354 g/mol. The van der Waals surface area contributed by atoms with E-state index < -0.39 is 6.61 Å². The first kappa shape index (κ1) is 19.7. The number of halogens is 2. The smallest absolute Gasteiger partial charge is 0.387 e. The number of alkyl halides is 2. The molecular weight excluding hydrogens is 326 g/mol. The van der Waals surface area contributed by atoms with Crippen LogP contribution in [0.2, 0.25) is 0 Å². The molecule has 0 saturated heterocycles. The van der Waals surface area contributed by atoms with Crippen LogP contribution in [-0.4, -0.2) is 12.6 Å². The summed E-state index contributed by atoms with van der Waals surface area (Å²) < 4.78 is 33.9. The van der Waals surface area contributed by atoms with Crippen LogP contribution in [0.4, 0.5) is 8.78 Å². The fourth-order valence-corrected chi connectivity index (χ4v) is 3.44. The van der Waals surface area contributed by atoms with Gasteiger partial charge in [0, 0.05) is 0 Å². The first-order valence-electron chi connectivity index (χ1n) is 9.35. The summed E-state index contributed by atoms with van der Waals surface area (Å²) in [6.07, 6.45) is 10.4. The largest absolute Gasteiger partial charge is 0.435 e. The standard InChI is InChI=1S/C20H28F2O3/c1-2-3-4-5-6-15-7-9-16(10-8-15)19(23)24-17-11-13-18(14-12-17)25-20(21)22/h11-16,20H,2-10H2,1H3. The van der Waals surface area contributed by atoms with Gasteiger partial charge in [-0.15, -0.1) is 0 Å². The van der Waals surface area contributed by atoms with Crippen molar-refractivity contribution < 1.29 is 23.0 Å². The lowest BCUT2D eigenvalue weighted by molar-refractivity contribution is -0.140. The van der Waals surface area contributed by atoms with E-state index >= 15 is 0 Å². The van der Waals surface area contributed by atoms with E-state index in [1.807, 2.05) is 0 Å². The van der Waals surface area contributed by atoms with Crippen molar-refractivity contribution in [1.82, 2.24) is 0 Å². The molecule has 3 nitrogen and oxygen atoms in total. The minimum Gasteiger partial charge on any atom is -0.435 e. The van der Waals surface area contributed by atoms with Gasteiger partial charge in [-0.3, -0.25) is 4.79 Å². The van der Waals surface area contributed by atoms with Gasteiger partial charge in [0.15, 0.2) is 0 Å². The Balaban J connectivity index is 1.71. The SMILES string of the molecule is CCCCCCC1CCC(C(=O)Oc2ccc(OC(F)F)cc2)CC1. The first-order valence-corrected chi connectivity index (χ1v) is 9.35. The van der Waals surface area contributed by atoms with Crippen LogP contribution in [-0.2, 0) is 4.79 Å². The zero-order chi connectivity index (χ0) is 18.1. The number of rotatable bonds is 9. The second kappa shape index (κ2) is 10.4. The number of benzene rings is 1. The second-order valence-electron chi connectivity index (χ2n) is 6.84. The highest BCUT2D eigenvalue weighted by atomic mass is 19.3. The minimum atomic E-state index is -2.86. The van der Waals surface area contributed by atoms with E-state index in [2.05, 4.69) is 11.7 Å². The van der Waals surface area contributed by atoms with E-state index in [0.717, 1.165) is 31.6 Å². The molecule has 1 saturated carbocycles. The predicted octanol–water partition coefficient (Wildman–Crippen LogP) is 5.97. The van der Waals surface area contributed by atoms with E-state index in [1.54, 1.807) is 0 Å². The van der Waals surface area contributed by atoms with Crippen LogP contribution in [0.1, 0.15) is 64.7 Å². The van der Waals surface area contributed by atoms with Gasteiger partial charge in [0.1, 0.15) is 11.5 Å². The van der Waals surface area contributed by atoms with Gasteiger partial charge in [0.2, 0.25) is 0 Å². The molecule has 25 heavy (non-hydrogen) atoms. The Kier molecular flexibility index (Phi) is 8.16. The molecule has 0 aliphatic heterocycles. The molecule has 1 aromatic rings. The molecule has 0 heterocycles. The minimum absolute atomic E-state index is 0.0520. The van der Waals surface area contributed by atoms with E-state index in [-0.39, 0.29) is 17.6 Å². The Morgan fingerprint density at radius 1 is 1.04 bits per heavy atom. The summed E-state index contributed by atoms with van der Waals surface area (Å²) in [7, 11) is 0. The summed E-state index contributed by atoms with van der Waals surface area (Å²) in [5, 5.41) is 0. The Morgan fingerprint density at radius 2 is 1.68 bits per heavy atom. The summed E-state index contributed by atoms with van der Waals surface area (Å²) in [5.41, 5.74) is 0. The van der Waals surface area contributed by atoms with E-state index in [1.165, 1.54) is 56.4 Å². The summed E-state index contributed by atoms with van der Waals surface area (Å²) in [6.45, 7) is -0.638. The third kappa shape index (κ3) is 7.00. The van der Waals surface area contributed by atoms with Crippen molar-refractivity contribution >= 4 is 5.97 Å². The number of hydrogen-bond acceptors (Lipinski definition) is 3. The van der Waals surface area contributed by atoms with Gasteiger partial charge in [-0.25, -0.2) is 0 Å². The number of carbonyl (C=O) groups is 1. The van der Waals surface area contributed by atoms with Crippen molar-refractivity contribution in [3.8, 4) is 11.5 Å². The first-order chi connectivity index (χ1) is 12.1. The zero-order valence-corrected chi connectivity index (χ0v) is 14.9. The van der Waals surface area contributed by atoms with Crippen molar-refractivity contribution in [2.45, 2.75) is 71.3 Å². The maximum atomic E-state index is 12.3. The summed E-state index contributed by atoms with van der Waals surface area (Å²) in [6, 6.07) is 5.72. The normalized spacial score (nSPS) is 20.5. The monoisotopic (exact) mass is 354 g/mol. The number of hydrogen-bond donors (Lipinski definition) is 0. The van der Waals surface area contributed by atoms with Crippen LogP contribution in [0.25, 0.3) is 0 Å². The summed E-state index contributed by atoms with van der Waals surface area (Å²) in [5.74, 6) is 0.897. The molecule has 1 aromatic carbocycles. The Labute approximate surface area is 148 Å². The summed E-state index contributed by atoms with van der Waals surface area (Å²) >= 11 is 0. The van der Waals surface area contributed by atoms with Crippen molar-refractivity contribution in [3.05, 3.63) is 24.3 Å². The number of carbonyl (C=O) groups excluding carboxylic acids is 1. The van der Waals surface area contributed by atoms with Crippen LogP contribution < -0.4 is 9.47 Å². The van der Waals surface area contributed by atoms with Crippen LogP contribution in [0, 0.1) is 11.8 Å². The van der Waals surface area contributed by atoms with Crippen LogP contribution >= 0.6 is 0 Å². The van der Waals surface area contributed by atoms with Crippen LogP contribution in [0.15, 0.2) is 24.3 Å². The van der Waals surface area contributed by atoms with Crippen molar-refractivity contribution in [3.63, 3.8) is 0 Å². The molecule has 140 valence electrons.